The van der Waals surface area contributed by atoms with Crippen molar-refractivity contribution in [1.29, 1.82) is 0 Å². The van der Waals surface area contributed by atoms with Crippen LogP contribution in [0.2, 0.25) is 5.02 Å². The molecule has 2 aromatic rings. The lowest BCUT2D eigenvalue weighted by Crippen LogP contribution is -2.51. The molecule has 0 spiro atoms. The SMILES string of the molecule is Cc1cc(C)n(C2CN(C(=O)c3c(Cl)c(C(F)(F)F)nn3C)C2)n1. The van der Waals surface area contributed by atoms with Crippen LogP contribution in [-0.2, 0) is 13.2 Å². The number of hydrogen-bond acceptors (Lipinski definition) is 3. The first kappa shape index (κ1) is 16.8. The van der Waals surface area contributed by atoms with Crippen LogP contribution in [0.4, 0.5) is 13.2 Å². The molecule has 2 aromatic heterocycles. The predicted octanol–water partition coefficient (Wildman–Crippen LogP) is 2.60. The van der Waals surface area contributed by atoms with Crippen LogP contribution < -0.4 is 0 Å². The summed E-state index contributed by atoms with van der Waals surface area (Å²) < 4.78 is 41.2. The van der Waals surface area contributed by atoms with Crippen LogP contribution in [-0.4, -0.2) is 43.5 Å². The Bertz CT molecular complexity index is 804. The maximum Gasteiger partial charge on any atom is 0.436 e. The van der Waals surface area contributed by atoms with E-state index in [1.807, 2.05) is 24.6 Å². The van der Waals surface area contributed by atoms with Crippen LogP contribution in [0.1, 0.15) is 33.6 Å². The Kier molecular flexibility index (Phi) is 3.86. The lowest BCUT2D eigenvalue weighted by molar-refractivity contribution is -0.141. The summed E-state index contributed by atoms with van der Waals surface area (Å²) in [5.74, 6) is -0.566. The van der Waals surface area contributed by atoms with Gasteiger partial charge in [-0.25, -0.2) is 0 Å². The second-order valence-corrected chi connectivity index (χ2v) is 6.25. The molecule has 1 saturated heterocycles. The van der Waals surface area contributed by atoms with Crippen LogP contribution in [0.15, 0.2) is 6.07 Å². The first-order chi connectivity index (χ1) is 11.1. The fraction of sp³-hybridized carbons (Fsp3) is 0.500. The number of hydrogen-bond donors (Lipinski definition) is 0. The van der Waals surface area contributed by atoms with Crippen molar-refractivity contribution in [1.82, 2.24) is 24.5 Å². The zero-order valence-corrected chi connectivity index (χ0v) is 14.0. The topological polar surface area (TPSA) is 56.0 Å². The van der Waals surface area contributed by atoms with Gasteiger partial charge in [-0.2, -0.15) is 23.4 Å². The van der Waals surface area contributed by atoms with E-state index in [1.165, 1.54) is 11.9 Å². The summed E-state index contributed by atoms with van der Waals surface area (Å²) in [7, 11) is 1.27. The highest BCUT2D eigenvalue weighted by atomic mass is 35.5. The Hall–Kier alpha value is -2.03. The molecule has 10 heteroatoms. The number of amides is 1. The van der Waals surface area contributed by atoms with Crippen molar-refractivity contribution >= 4 is 17.5 Å². The normalized spacial score (nSPS) is 15.7. The van der Waals surface area contributed by atoms with Crippen LogP contribution in [0.25, 0.3) is 0 Å². The summed E-state index contributed by atoms with van der Waals surface area (Å²) in [5.41, 5.74) is 0.353. The van der Waals surface area contributed by atoms with Gasteiger partial charge >= 0.3 is 6.18 Å². The zero-order valence-electron chi connectivity index (χ0n) is 13.2. The van der Waals surface area contributed by atoms with Crippen LogP contribution >= 0.6 is 11.6 Å². The highest BCUT2D eigenvalue weighted by molar-refractivity contribution is 6.34. The molecule has 0 atom stereocenters. The van der Waals surface area contributed by atoms with E-state index in [2.05, 4.69) is 10.2 Å². The molecule has 130 valence electrons. The predicted molar refractivity (Wildman–Crippen MR) is 79.9 cm³/mol. The number of likely N-dealkylation sites (tertiary alicyclic amines) is 1. The summed E-state index contributed by atoms with van der Waals surface area (Å²) in [6.07, 6.45) is -4.70. The van der Waals surface area contributed by atoms with Gasteiger partial charge in [0.1, 0.15) is 10.7 Å². The molecule has 6 nitrogen and oxygen atoms in total. The van der Waals surface area contributed by atoms with E-state index in [-0.39, 0.29) is 11.7 Å². The number of aryl methyl sites for hydroxylation is 3. The molecule has 1 aliphatic heterocycles. The summed E-state index contributed by atoms with van der Waals surface area (Å²) in [6.45, 7) is 4.52. The molecule has 0 N–H and O–H groups in total. The summed E-state index contributed by atoms with van der Waals surface area (Å²) in [6, 6.07) is 1.94. The first-order valence-electron chi connectivity index (χ1n) is 7.21. The van der Waals surface area contributed by atoms with Gasteiger partial charge in [-0.3, -0.25) is 14.2 Å². The Balaban J connectivity index is 1.78. The second-order valence-electron chi connectivity index (χ2n) is 5.87. The van der Waals surface area contributed by atoms with Gasteiger partial charge in [0.05, 0.1) is 11.7 Å². The maximum absolute atomic E-state index is 12.8. The Morgan fingerprint density at radius 1 is 1.29 bits per heavy atom. The molecule has 0 saturated carbocycles. The highest BCUT2D eigenvalue weighted by Gasteiger charge is 2.42. The standard InChI is InChI=1S/C14H15ClF3N5O/c1-7-4-8(2)23(19-7)9-5-22(6-9)13(24)11-10(15)12(14(16,17)18)20-21(11)3/h4,9H,5-6H2,1-3H3. The number of aromatic nitrogens is 4. The molecule has 1 fully saturated rings. The molecular formula is C14H15ClF3N5O. The van der Waals surface area contributed by atoms with Gasteiger partial charge in [0.25, 0.3) is 5.91 Å². The fourth-order valence-electron chi connectivity index (χ4n) is 2.85. The molecule has 24 heavy (non-hydrogen) atoms. The van der Waals surface area contributed by atoms with E-state index < -0.39 is 22.8 Å². The van der Waals surface area contributed by atoms with E-state index in [0.717, 1.165) is 16.1 Å². The van der Waals surface area contributed by atoms with Crippen molar-refractivity contribution in [2.75, 3.05) is 13.1 Å². The molecule has 0 radical (unpaired) electrons. The van der Waals surface area contributed by atoms with E-state index in [0.29, 0.717) is 13.1 Å². The summed E-state index contributed by atoms with van der Waals surface area (Å²) >= 11 is 5.75. The molecule has 1 amide bonds. The van der Waals surface area contributed by atoms with Crippen molar-refractivity contribution in [2.45, 2.75) is 26.1 Å². The molecule has 3 rings (SSSR count). The smallest absolute Gasteiger partial charge is 0.333 e. The lowest BCUT2D eigenvalue weighted by atomic mass is 10.1. The molecule has 3 heterocycles. The minimum Gasteiger partial charge on any atom is -0.333 e. The average Bonchev–Trinajstić information content (AvgIpc) is 2.87. The number of halogens is 4. The molecule has 0 aliphatic carbocycles. The van der Waals surface area contributed by atoms with E-state index >= 15 is 0 Å². The molecular weight excluding hydrogens is 347 g/mol. The lowest BCUT2D eigenvalue weighted by Gasteiger charge is -2.39. The van der Waals surface area contributed by atoms with Crippen molar-refractivity contribution in [3.05, 3.63) is 33.9 Å². The Morgan fingerprint density at radius 3 is 2.38 bits per heavy atom. The number of carbonyl (C=O) groups is 1. The fourth-order valence-corrected chi connectivity index (χ4v) is 3.20. The maximum atomic E-state index is 12.8. The van der Waals surface area contributed by atoms with Gasteiger partial charge in [-0.1, -0.05) is 11.6 Å². The quantitative estimate of drug-likeness (QED) is 0.826. The number of carbonyl (C=O) groups excluding carboxylic acids is 1. The van der Waals surface area contributed by atoms with E-state index in [4.69, 9.17) is 11.6 Å². The third kappa shape index (κ3) is 2.66. The monoisotopic (exact) mass is 361 g/mol. The second kappa shape index (κ2) is 5.51. The summed E-state index contributed by atoms with van der Waals surface area (Å²) in [4.78, 5) is 13.9. The van der Waals surface area contributed by atoms with Crippen LogP contribution in [0, 0.1) is 13.8 Å². The molecule has 1 aliphatic rings. The Morgan fingerprint density at radius 2 is 1.92 bits per heavy atom. The highest BCUT2D eigenvalue weighted by Crippen LogP contribution is 2.36. The van der Waals surface area contributed by atoms with Gasteiger partial charge in [0.15, 0.2) is 5.69 Å². The van der Waals surface area contributed by atoms with Gasteiger partial charge in [-0.15, -0.1) is 0 Å². The average molecular weight is 362 g/mol. The third-order valence-corrected chi connectivity index (χ3v) is 4.36. The minimum atomic E-state index is -4.70. The van der Waals surface area contributed by atoms with Crippen molar-refractivity contribution in [3.8, 4) is 0 Å². The minimum absolute atomic E-state index is 0.0109. The molecule has 0 aromatic carbocycles. The number of nitrogens with zero attached hydrogens (tertiary/aromatic N) is 5. The van der Waals surface area contributed by atoms with Crippen molar-refractivity contribution in [2.24, 2.45) is 7.05 Å². The van der Waals surface area contributed by atoms with E-state index in [1.54, 1.807) is 0 Å². The van der Waals surface area contributed by atoms with Crippen LogP contribution in [0.5, 0.6) is 0 Å². The van der Waals surface area contributed by atoms with Crippen LogP contribution in [0.3, 0.4) is 0 Å². The zero-order chi connectivity index (χ0) is 17.8. The van der Waals surface area contributed by atoms with Crippen molar-refractivity contribution in [3.63, 3.8) is 0 Å². The van der Waals surface area contributed by atoms with Gasteiger partial charge in [-0.05, 0) is 19.9 Å². The first-order valence-corrected chi connectivity index (χ1v) is 7.59. The van der Waals surface area contributed by atoms with Gasteiger partial charge < -0.3 is 4.90 Å². The largest absolute Gasteiger partial charge is 0.436 e. The van der Waals surface area contributed by atoms with Gasteiger partial charge in [0, 0.05) is 25.8 Å². The van der Waals surface area contributed by atoms with Gasteiger partial charge in [0.2, 0.25) is 0 Å². The summed E-state index contributed by atoms with van der Waals surface area (Å²) in [5, 5.41) is 7.03. The Labute approximate surface area is 140 Å². The number of alkyl halides is 3. The number of rotatable bonds is 2. The van der Waals surface area contributed by atoms with Crippen molar-refractivity contribution < 1.29 is 18.0 Å². The van der Waals surface area contributed by atoms with E-state index in [9.17, 15) is 18.0 Å². The molecule has 0 bridgehead atoms. The molecule has 0 unspecified atom stereocenters. The third-order valence-electron chi connectivity index (χ3n) is 4.00.